The maximum Gasteiger partial charge on any atom is 0.416 e. The highest BCUT2D eigenvalue weighted by Crippen LogP contribution is 2.36. The summed E-state index contributed by atoms with van der Waals surface area (Å²) >= 11 is 11.9. The Hall–Kier alpha value is -2.51. The van der Waals surface area contributed by atoms with Gasteiger partial charge in [0, 0.05) is 17.3 Å². The normalized spacial score (nSPS) is 11.5. The van der Waals surface area contributed by atoms with Crippen molar-refractivity contribution < 1.29 is 22.7 Å². The molecule has 1 heterocycles. The van der Waals surface area contributed by atoms with Gasteiger partial charge >= 0.3 is 12.1 Å². The number of nitrogens with zero attached hydrogens (tertiary/aromatic N) is 1. The van der Waals surface area contributed by atoms with Crippen LogP contribution in [0.4, 0.5) is 24.5 Å². The first-order chi connectivity index (χ1) is 13.2. The van der Waals surface area contributed by atoms with E-state index in [1.807, 2.05) is 0 Å². The Labute approximate surface area is 168 Å². The van der Waals surface area contributed by atoms with Crippen molar-refractivity contribution in [3.63, 3.8) is 0 Å². The molecule has 3 aromatic rings. The van der Waals surface area contributed by atoms with Gasteiger partial charge in [-0.05, 0) is 37.3 Å². The van der Waals surface area contributed by atoms with Gasteiger partial charge in [0.1, 0.15) is 5.56 Å². The molecule has 0 bridgehead atoms. The highest BCUT2D eigenvalue weighted by Gasteiger charge is 2.31. The van der Waals surface area contributed by atoms with E-state index in [1.54, 1.807) is 19.1 Å². The van der Waals surface area contributed by atoms with Gasteiger partial charge in [-0.2, -0.15) is 13.2 Å². The summed E-state index contributed by atoms with van der Waals surface area (Å²) in [4.78, 5) is 16.3. The molecule has 0 aliphatic heterocycles. The summed E-state index contributed by atoms with van der Waals surface area (Å²) in [6.07, 6.45) is -3.33. The molecule has 4 nitrogen and oxygen atoms in total. The lowest BCUT2D eigenvalue weighted by Crippen LogP contribution is -2.10. The number of hydrogen-bond donors (Lipinski definition) is 1. The Morgan fingerprint density at radius 2 is 1.89 bits per heavy atom. The molecular formula is C19H13Cl2F3N2O2. The molecule has 3 rings (SSSR count). The second-order valence-electron chi connectivity index (χ2n) is 5.75. The van der Waals surface area contributed by atoms with E-state index >= 15 is 0 Å². The Balaban J connectivity index is 2.17. The van der Waals surface area contributed by atoms with Crippen LogP contribution in [0.2, 0.25) is 10.0 Å². The number of ether oxygens (including phenoxy) is 1. The minimum atomic E-state index is -4.51. The van der Waals surface area contributed by atoms with Gasteiger partial charge in [-0.1, -0.05) is 29.3 Å². The van der Waals surface area contributed by atoms with E-state index in [-0.39, 0.29) is 28.4 Å². The molecule has 9 heteroatoms. The highest BCUT2D eigenvalue weighted by molar-refractivity contribution is 6.42. The fourth-order valence-electron chi connectivity index (χ4n) is 2.59. The standard InChI is InChI=1S/C19H13Cl2F3N2O2/c1-2-28-18(27)13-9-25-16-7-10(19(22,23)24)3-5-12(16)17(13)26-11-4-6-14(20)15(21)8-11/h3-9H,2H2,1H3,(H,25,26). The summed E-state index contributed by atoms with van der Waals surface area (Å²) in [5.41, 5.74) is 0.0744. The molecule has 0 aliphatic rings. The van der Waals surface area contributed by atoms with Crippen LogP contribution in [-0.4, -0.2) is 17.6 Å². The number of hydrogen-bond acceptors (Lipinski definition) is 4. The van der Waals surface area contributed by atoms with E-state index in [1.165, 1.54) is 18.3 Å². The summed E-state index contributed by atoms with van der Waals surface area (Å²) < 4.78 is 44.1. The Morgan fingerprint density at radius 1 is 1.14 bits per heavy atom. The van der Waals surface area contributed by atoms with Crippen LogP contribution in [0.15, 0.2) is 42.6 Å². The van der Waals surface area contributed by atoms with E-state index in [0.717, 1.165) is 12.1 Å². The molecule has 0 aliphatic carbocycles. The second-order valence-corrected chi connectivity index (χ2v) is 6.57. The number of alkyl halides is 3. The predicted molar refractivity (Wildman–Crippen MR) is 102 cm³/mol. The molecule has 0 fully saturated rings. The van der Waals surface area contributed by atoms with Gasteiger partial charge in [-0.25, -0.2) is 4.79 Å². The van der Waals surface area contributed by atoms with Crippen molar-refractivity contribution >= 4 is 51.4 Å². The number of rotatable bonds is 4. The Morgan fingerprint density at radius 3 is 2.54 bits per heavy atom. The number of aromatic nitrogens is 1. The lowest BCUT2D eigenvalue weighted by atomic mass is 10.1. The molecule has 0 amide bonds. The monoisotopic (exact) mass is 428 g/mol. The van der Waals surface area contributed by atoms with Crippen molar-refractivity contribution in [3.8, 4) is 0 Å². The zero-order chi connectivity index (χ0) is 20.5. The van der Waals surface area contributed by atoms with Crippen molar-refractivity contribution in [1.29, 1.82) is 0 Å². The smallest absolute Gasteiger partial charge is 0.416 e. The van der Waals surface area contributed by atoms with Crippen LogP contribution in [0.3, 0.4) is 0 Å². The number of carbonyl (C=O) groups excluding carboxylic acids is 1. The first-order valence-corrected chi connectivity index (χ1v) is 8.85. The Kier molecular flexibility index (Phi) is 5.67. The second kappa shape index (κ2) is 7.85. The van der Waals surface area contributed by atoms with Gasteiger partial charge in [0.05, 0.1) is 33.4 Å². The summed E-state index contributed by atoms with van der Waals surface area (Å²) in [7, 11) is 0. The first kappa shape index (κ1) is 20.2. The summed E-state index contributed by atoms with van der Waals surface area (Å²) in [5.74, 6) is -0.653. The topological polar surface area (TPSA) is 51.2 Å². The number of pyridine rings is 1. The van der Waals surface area contributed by atoms with Crippen LogP contribution in [-0.2, 0) is 10.9 Å². The van der Waals surface area contributed by atoms with Crippen LogP contribution < -0.4 is 5.32 Å². The zero-order valence-electron chi connectivity index (χ0n) is 14.4. The summed E-state index contributed by atoms with van der Waals surface area (Å²) in [6, 6.07) is 7.83. The van der Waals surface area contributed by atoms with Crippen molar-refractivity contribution in [1.82, 2.24) is 4.98 Å². The van der Waals surface area contributed by atoms with E-state index in [2.05, 4.69) is 10.3 Å². The zero-order valence-corrected chi connectivity index (χ0v) is 15.9. The number of anilines is 2. The fourth-order valence-corrected chi connectivity index (χ4v) is 2.88. The van der Waals surface area contributed by atoms with E-state index < -0.39 is 17.7 Å². The van der Waals surface area contributed by atoms with Crippen LogP contribution in [0.1, 0.15) is 22.8 Å². The van der Waals surface area contributed by atoms with Gasteiger partial charge in [0.2, 0.25) is 0 Å². The van der Waals surface area contributed by atoms with E-state index in [4.69, 9.17) is 27.9 Å². The number of benzene rings is 2. The quantitative estimate of drug-likeness (QED) is 0.483. The van der Waals surface area contributed by atoms with Crippen LogP contribution in [0.5, 0.6) is 0 Å². The SMILES string of the molecule is CCOC(=O)c1cnc2cc(C(F)(F)F)ccc2c1Nc1ccc(Cl)c(Cl)c1. The van der Waals surface area contributed by atoms with E-state index in [9.17, 15) is 18.0 Å². The third-order valence-corrected chi connectivity index (χ3v) is 4.62. The molecule has 28 heavy (non-hydrogen) atoms. The molecule has 0 unspecified atom stereocenters. The van der Waals surface area contributed by atoms with Crippen LogP contribution >= 0.6 is 23.2 Å². The minimum absolute atomic E-state index is 0.0745. The molecule has 0 atom stereocenters. The average molecular weight is 429 g/mol. The maximum absolute atomic E-state index is 13.0. The number of esters is 1. The van der Waals surface area contributed by atoms with Crippen LogP contribution in [0, 0.1) is 0 Å². The van der Waals surface area contributed by atoms with Crippen molar-refractivity contribution in [2.24, 2.45) is 0 Å². The molecule has 0 spiro atoms. The Bertz CT molecular complexity index is 1060. The van der Waals surface area contributed by atoms with Gasteiger partial charge < -0.3 is 10.1 Å². The molecule has 2 aromatic carbocycles. The number of nitrogens with one attached hydrogen (secondary N) is 1. The third kappa shape index (κ3) is 4.15. The van der Waals surface area contributed by atoms with Crippen LogP contribution in [0.25, 0.3) is 10.9 Å². The minimum Gasteiger partial charge on any atom is -0.462 e. The lowest BCUT2D eigenvalue weighted by molar-refractivity contribution is -0.137. The third-order valence-electron chi connectivity index (χ3n) is 3.88. The van der Waals surface area contributed by atoms with Crippen molar-refractivity contribution in [3.05, 3.63) is 63.8 Å². The van der Waals surface area contributed by atoms with Crippen molar-refractivity contribution in [2.45, 2.75) is 13.1 Å². The first-order valence-electron chi connectivity index (χ1n) is 8.10. The molecule has 1 aromatic heterocycles. The molecule has 146 valence electrons. The number of fused-ring (bicyclic) bond motifs is 1. The maximum atomic E-state index is 13.0. The molecule has 0 saturated carbocycles. The van der Waals surface area contributed by atoms with Crippen molar-refractivity contribution in [2.75, 3.05) is 11.9 Å². The number of halogens is 5. The van der Waals surface area contributed by atoms with Gasteiger partial charge in [-0.3, -0.25) is 4.98 Å². The predicted octanol–water partition coefficient (Wildman–Crippen LogP) is 6.48. The average Bonchev–Trinajstić information content (AvgIpc) is 2.64. The summed E-state index contributed by atoms with van der Waals surface area (Å²) in [6.45, 7) is 1.78. The van der Waals surface area contributed by atoms with Gasteiger partial charge in [0.15, 0.2) is 0 Å². The van der Waals surface area contributed by atoms with Gasteiger partial charge in [0.25, 0.3) is 0 Å². The largest absolute Gasteiger partial charge is 0.462 e. The molecule has 0 radical (unpaired) electrons. The number of carbonyl (C=O) groups is 1. The molecule has 0 saturated heterocycles. The lowest BCUT2D eigenvalue weighted by Gasteiger charge is -2.15. The molecule has 1 N–H and O–H groups in total. The molecular weight excluding hydrogens is 416 g/mol. The van der Waals surface area contributed by atoms with E-state index in [0.29, 0.717) is 16.1 Å². The van der Waals surface area contributed by atoms with Gasteiger partial charge in [-0.15, -0.1) is 0 Å². The summed E-state index contributed by atoms with van der Waals surface area (Å²) in [5, 5.41) is 3.96. The highest BCUT2D eigenvalue weighted by atomic mass is 35.5. The fraction of sp³-hybridized carbons (Fsp3) is 0.158.